The second kappa shape index (κ2) is 6.04. The Kier molecular flexibility index (Phi) is 5.33. The van der Waals surface area contributed by atoms with Crippen LogP contribution in [0.4, 0.5) is 0 Å². The molecule has 70 valence electrons. The van der Waals surface area contributed by atoms with Gasteiger partial charge in [0.1, 0.15) is 0 Å². The first kappa shape index (κ1) is 13.2. The van der Waals surface area contributed by atoms with Gasteiger partial charge in [-0.15, -0.1) is 5.75 Å². The van der Waals surface area contributed by atoms with Crippen molar-refractivity contribution < 1.29 is 56.5 Å². The van der Waals surface area contributed by atoms with Gasteiger partial charge in [0.15, 0.2) is 0 Å². The van der Waals surface area contributed by atoms with Crippen molar-refractivity contribution in [3.05, 3.63) is 53.6 Å². The monoisotopic (exact) mass is 242 g/mol. The Morgan fingerprint density at radius 1 is 0.933 bits per heavy atom. The summed E-state index contributed by atoms with van der Waals surface area (Å²) in [5.41, 5.74) is 1.92. The third-order valence-corrected chi connectivity index (χ3v) is 2.34. The fraction of sp³-hybridized carbons (Fsp3) is 0. The maximum atomic E-state index is 11.0. The van der Waals surface area contributed by atoms with Crippen LogP contribution in [0, 0.1) is 0 Å². The van der Waals surface area contributed by atoms with E-state index in [0.717, 1.165) is 11.1 Å². The van der Waals surface area contributed by atoms with Crippen LogP contribution >= 0.6 is 11.6 Å². The van der Waals surface area contributed by atoms with E-state index in [1.165, 1.54) is 12.1 Å². The minimum atomic E-state index is -0.0605. The summed E-state index contributed by atoms with van der Waals surface area (Å²) in [6.45, 7) is 0. The summed E-state index contributed by atoms with van der Waals surface area (Å²) in [5.74, 6) is -0.0605. The molecule has 0 atom stereocenters. The van der Waals surface area contributed by atoms with Crippen molar-refractivity contribution in [2.75, 3.05) is 0 Å². The van der Waals surface area contributed by atoms with Gasteiger partial charge in [0.25, 0.3) is 0 Å². The second-order valence-electron chi connectivity index (χ2n) is 3.01. The van der Waals surface area contributed by atoms with Crippen molar-refractivity contribution in [1.29, 1.82) is 0 Å². The molecule has 0 spiro atoms. The molecule has 0 N–H and O–H groups in total. The Hall–Kier alpha value is 0.166. The zero-order valence-electron chi connectivity index (χ0n) is 8.41. The predicted octanol–water partition coefficient (Wildman–Crippen LogP) is 0.0846. The molecule has 0 aliphatic rings. The summed E-state index contributed by atoms with van der Waals surface area (Å²) in [4.78, 5) is 0. The molecule has 2 aromatic carbocycles. The fourth-order valence-electron chi connectivity index (χ4n) is 1.35. The quantitative estimate of drug-likeness (QED) is 0.650. The molecule has 0 unspecified atom stereocenters. The third kappa shape index (κ3) is 3.31. The number of hydrogen-bond acceptors (Lipinski definition) is 1. The van der Waals surface area contributed by atoms with Gasteiger partial charge in [0.2, 0.25) is 0 Å². The summed E-state index contributed by atoms with van der Waals surface area (Å²) >= 11 is 5.96. The Labute approximate surface area is 137 Å². The van der Waals surface area contributed by atoms with Crippen molar-refractivity contribution in [3.63, 3.8) is 0 Å². The van der Waals surface area contributed by atoms with Crippen LogP contribution in [0.3, 0.4) is 0 Å². The third-order valence-electron chi connectivity index (χ3n) is 2.03. The van der Waals surface area contributed by atoms with Crippen LogP contribution in [-0.2, 0) is 0 Å². The Balaban J connectivity index is 0.00000112. The smallest absolute Gasteiger partial charge is 0.872 e. The van der Waals surface area contributed by atoms with E-state index in [0.29, 0.717) is 5.02 Å². The van der Waals surface area contributed by atoms with E-state index < -0.39 is 0 Å². The molecule has 0 aliphatic heterocycles. The number of hydrogen-bond donors (Lipinski definition) is 0. The first-order valence-corrected chi connectivity index (χ1v) is 4.67. The first-order chi connectivity index (χ1) is 6.77. The minimum Gasteiger partial charge on any atom is -0.872 e. The van der Waals surface area contributed by atoms with Gasteiger partial charge in [-0.3, -0.25) is 0 Å². The van der Waals surface area contributed by atoms with E-state index in [1.54, 1.807) is 6.07 Å². The maximum Gasteiger partial charge on any atom is 1.00 e. The molecule has 0 aromatic heterocycles. The molecule has 0 fully saturated rings. The van der Waals surface area contributed by atoms with Gasteiger partial charge in [-0.25, -0.2) is 0 Å². The minimum absolute atomic E-state index is 0. The van der Waals surface area contributed by atoms with Crippen LogP contribution in [-0.4, -0.2) is 0 Å². The summed E-state index contributed by atoms with van der Waals surface area (Å²) in [5, 5.41) is 11.5. The topological polar surface area (TPSA) is 23.1 Å². The van der Waals surface area contributed by atoms with Crippen molar-refractivity contribution in [2.24, 2.45) is 0 Å². The molecule has 15 heavy (non-hydrogen) atoms. The van der Waals surface area contributed by atoms with Gasteiger partial charge >= 0.3 is 51.4 Å². The zero-order chi connectivity index (χ0) is 9.97. The van der Waals surface area contributed by atoms with E-state index in [9.17, 15) is 5.11 Å². The number of benzene rings is 2. The molecule has 0 saturated heterocycles. The molecule has 0 amide bonds. The molecule has 0 saturated carbocycles. The Morgan fingerprint density at radius 3 is 2.20 bits per heavy atom. The summed E-state index contributed by atoms with van der Waals surface area (Å²) in [6, 6.07) is 14.5. The van der Waals surface area contributed by atoms with E-state index in [4.69, 9.17) is 11.6 Å². The van der Waals surface area contributed by atoms with E-state index in [-0.39, 0.29) is 57.1 Å². The average Bonchev–Trinajstić information content (AvgIpc) is 2.19. The van der Waals surface area contributed by atoms with Gasteiger partial charge < -0.3 is 5.11 Å². The molecule has 3 heteroatoms. The summed E-state index contributed by atoms with van der Waals surface area (Å²) < 4.78 is 0. The van der Waals surface area contributed by atoms with Crippen LogP contribution < -0.4 is 56.5 Å². The Morgan fingerprint density at radius 2 is 1.60 bits per heavy atom. The molecule has 2 rings (SSSR count). The normalized spacial score (nSPS) is 9.40. The first-order valence-electron chi connectivity index (χ1n) is 4.29. The van der Waals surface area contributed by atoms with Gasteiger partial charge in [0, 0.05) is 10.6 Å². The zero-order valence-corrected chi connectivity index (χ0v) is 12.3. The molecular formula is C12H8ClKO. The Bertz CT molecular complexity index is 443. The fourth-order valence-corrected chi connectivity index (χ4v) is 1.63. The van der Waals surface area contributed by atoms with Crippen LogP contribution in [0.2, 0.25) is 5.02 Å². The van der Waals surface area contributed by atoms with Crippen molar-refractivity contribution in [3.8, 4) is 16.9 Å². The predicted molar refractivity (Wildman–Crippen MR) is 56.3 cm³/mol. The molecule has 1 nitrogen and oxygen atoms in total. The summed E-state index contributed by atoms with van der Waals surface area (Å²) in [6.07, 6.45) is 0. The van der Waals surface area contributed by atoms with Crippen LogP contribution in [0.15, 0.2) is 48.5 Å². The van der Waals surface area contributed by atoms with E-state index >= 15 is 0 Å². The molecule has 0 radical (unpaired) electrons. The molecule has 2 aromatic rings. The molecule has 0 bridgehead atoms. The number of rotatable bonds is 1. The van der Waals surface area contributed by atoms with Gasteiger partial charge in [-0.2, -0.15) is 0 Å². The summed E-state index contributed by atoms with van der Waals surface area (Å²) in [7, 11) is 0. The van der Waals surface area contributed by atoms with E-state index in [1.807, 2.05) is 30.3 Å². The van der Waals surface area contributed by atoms with Crippen LogP contribution in [0.5, 0.6) is 5.75 Å². The molecular weight excluding hydrogens is 235 g/mol. The van der Waals surface area contributed by atoms with Crippen molar-refractivity contribution in [1.82, 2.24) is 0 Å². The number of halogens is 1. The van der Waals surface area contributed by atoms with Gasteiger partial charge in [-0.05, 0) is 5.56 Å². The van der Waals surface area contributed by atoms with Gasteiger partial charge in [-0.1, -0.05) is 60.1 Å². The standard InChI is InChI=1S/C12H9ClO.K/c13-12-8-10(14)6-7-11(12)9-4-2-1-3-5-9;/h1-8,14H;/q;+1/p-1. The largest absolute Gasteiger partial charge is 1.00 e. The van der Waals surface area contributed by atoms with E-state index in [2.05, 4.69) is 0 Å². The van der Waals surface area contributed by atoms with Crippen molar-refractivity contribution >= 4 is 11.6 Å². The molecule has 0 heterocycles. The SMILES string of the molecule is [K+].[O-]c1ccc(-c2ccccc2)c(Cl)c1. The van der Waals surface area contributed by atoms with Crippen LogP contribution in [0.25, 0.3) is 11.1 Å². The average molecular weight is 243 g/mol. The van der Waals surface area contributed by atoms with Crippen LogP contribution in [0.1, 0.15) is 0 Å². The second-order valence-corrected chi connectivity index (χ2v) is 3.41. The maximum absolute atomic E-state index is 11.0. The van der Waals surface area contributed by atoms with Crippen molar-refractivity contribution in [2.45, 2.75) is 0 Å². The van der Waals surface area contributed by atoms with Gasteiger partial charge in [0.05, 0.1) is 0 Å². The molecule has 0 aliphatic carbocycles.